The van der Waals surface area contributed by atoms with Crippen LogP contribution in [0.25, 0.3) is 0 Å². The predicted molar refractivity (Wildman–Crippen MR) is 61.9 cm³/mol. The first-order valence-corrected chi connectivity index (χ1v) is 4.79. The van der Waals surface area contributed by atoms with E-state index < -0.39 is 5.97 Å². The fourth-order valence-corrected chi connectivity index (χ4v) is 1.21. The summed E-state index contributed by atoms with van der Waals surface area (Å²) in [4.78, 5) is 10.8. The van der Waals surface area contributed by atoms with Crippen molar-refractivity contribution in [2.45, 2.75) is 0 Å². The van der Waals surface area contributed by atoms with Crippen molar-refractivity contribution in [2.24, 2.45) is 0 Å². The van der Waals surface area contributed by atoms with Crippen LogP contribution >= 0.6 is 11.6 Å². The van der Waals surface area contributed by atoms with Crippen molar-refractivity contribution in [1.82, 2.24) is 0 Å². The molecular weight excluding hydrogens is 228 g/mol. The summed E-state index contributed by atoms with van der Waals surface area (Å²) in [6.07, 6.45) is 8.08. The van der Waals surface area contributed by atoms with Gasteiger partial charge in [-0.1, -0.05) is 17.5 Å². The lowest BCUT2D eigenvalue weighted by molar-refractivity contribution is 0.0693. The van der Waals surface area contributed by atoms with Gasteiger partial charge in [0.2, 0.25) is 0 Å². The summed E-state index contributed by atoms with van der Waals surface area (Å²) in [5, 5.41) is 9.30. The van der Waals surface area contributed by atoms with Crippen molar-refractivity contribution in [3.63, 3.8) is 0 Å². The minimum atomic E-state index is -1.06. The number of carboxylic acids is 1. The van der Waals surface area contributed by atoms with Gasteiger partial charge >= 0.3 is 5.97 Å². The molecule has 1 aromatic rings. The second kappa shape index (κ2) is 5.84. The highest BCUT2D eigenvalue weighted by atomic mass is 35.5. The lowest BCUT2D eigenvalue weighted by Crippen LogP contribution is -2.03. The summed E-state index contributed by atoms with van der Waals surface area (Å²) < 4.78 is 5.23. The minimum absolute atomic E-state index is 0.0681. The van der Waals surface area contributed by atoms with Crippen molar-refractivity contribution >= 4 is 17.6 Å². The van der Waals surface area contributed by atoms with Gasteiger partial charge in [-0.3, -0.25) is 0 Å². The average molecular weight is 237 g/mol. The zero-order chi connectivity index (χ0) is 12.0. The highest BCUT2D eigenvalue weighted by molar-refractivity contribution is 6.30. The number of allylic oxidation sites excluding steroid dienone is 1. The first-order valence-electron chi connectivity index (χ1n) is 4.42. The maximum atomic E-state index is 10.8. The van der Waals surface area contributed by atoms with Crippen molar-refractivity contribution in [3.05, 3.63) is 40.9 Å². The highest BCUT2D eigenvalue weighted by Gasteiger charge is 2.10. The molecule has 0 atom stereocenters. The molecule has 82 valence electrons. The van der Waals surface area contributed by atoms with E-state index in [1.54, 1.807) is 6.08 Å². The molecule has 1 aromatic carbocycles. The average Bonchev–Trinajstić information content (AvgIpc) is 2.24. The van der Waals surface area contributed by atoms with Gasteiger partial charge in [0.15, 0.2) is 0 Å². The Balaban J connectivity index is 2.85. The maximum Gasteiger partial charge on any atom is 0.339 e. The van der Waals surface area contributed by atoms with Crippen LogP contribution in [0, 0.1) is 12.3 Å². The Morgan fingerprint density at radius 3 is 3.00 bits per heavy atom. The highest BCUT2D eigenvalue weighted by Crippen LogP contribution is 2.23. The van der Waals surface area contributed by atoms with Crippen LogP contribution in [0.1, 0.15) is 10.4 Å². The smallest absolute Gasteiger partial charge is 0.339 e. The van der Waals surface area contributed by atoms with Crippen LogP contribution < -0.4 is 4.74 Å². The Morgan fingerprint density at radius 2 is 2.38 bits per heavy atom. The molecule has 0 aliphatic rings. The van der Waals surface area contributed by atoms with Crippen LogP contribution in [0.15, 0.2) is 30.4 Å². The SMILES string of the molecule is C#C/C=C\COc1cc(Cl)ccc1C(=O)O. The fourth-order valence-electron chi connectivity index (χ4n) is 1.05. The number of aromatic carboxylic acids is 1. The topological polar surface area (TPSA) is 46.5 Å². The summed E-state index contributed by atoms with van der Waals surface area (Å²) >= 11 is 5.74. The fraction of sp³-hybridized carbons (Fsp3) is 0.0833. The Labute approximate surface area is 98.3 Å². The third-order valence-electron chi connectivity index (χ3n) is 1.72. The van der Waals surface area contributed by atoms with E-state index in [4.69, 9.17) is 27.9 Å². The lowest BCUT2D eigenvalue weighted by atomic mass is 10.2. The van der Waals surface area contributed by atoms with Crippen LogP contribution in [-0.4, -0.2) is 17.7 Å². The molecule has 1 N–H and O–H groups in total. The van der Waals surface area contributed by atoms with Gasteiger partial charge in [0.05, 0.1) is 0 Å². The number of terminal acetylenes is 1. The van der Waals surface area contributed by atoms with Crippen LogP contribution in [0.5, 0.6) is 5.75 Å². The van der Waals surface area contributed by atoms with Crippen LogP contribution in [-0.2, 0) is 0 Å². The van der Waals surface area contributed by atoms with Gasteiger partial charge in [-0.2, -0.15) is 0 Å². The number of halogens is 1. The number of carboxylic acid groups (broad SMARTS) is 1. The molecular formula is C12H9ClO3. The van der Waals surface area contributed by atoms with Crippen molar-refractivity contribution in [2.75, 3.05) is 6.61 Å². The summed E-state index contributed by atoms with van der Waals surface area (Å²) in [7, 11) is 0. The van der Waals surface area contributed by atoms with E-state index in [2.05, 4.69) is 5.92 Å². The molecule has 0 aliphatic heterocycles. The molecule has 0 aromatic heterocycles. The first kappa shape index (κ1) is 12.2. The van der Waals surface area contributed by atoms with Gasteiger partial charge in [0.25, 0.3) is 0 Å². The van der Waals surface area contributed by atoms with E-state index in [9.17, 15) is 4.79 Å². The molecule has 0 amide bonds. The standard InChI is InChI=1S/C12H9ClO3/c1-2-3-4-7-16-11-8-9(13)5-6-10(11)12(14)15/h1,3-6,8H,7H2,(H,14,15)/b4-3-. The van der Waals surface area contributed by atoms with E-state index in [-0.39, 0.29) is 17.9 Å². The Morgan fingerprint density at radius 1 is 1.62 bits per heavy atom. The second-order valence-corrected chi connectivity index (χ2v) is 3.26. The molecule has 0 saturated heterocycles. The molecule has 0 bridgehead atoms. The molecule has 0 unspecified atom stereocenters. The lowest BCUT2D eigenvalue weighted by Gasteiger charge is -2.07. The van der Waals surface area contributed by atoms with Gasteiger partial charge in [-0.25, -0.2) is 4.79 Å². The second-order valence-electron chi connectivity index (χ2n) is 2.83. The molecule has 1 rings (SSSR count). The molecule has 3 nitrogen and oxygen atoms in total. The molecule has 0 saturated carbocycles. The Bertz CT molecular complexity index is 458. The number of hydrogen-bond acceptors (Lipinski definition) is 2. The quantitative estimate of drug-likeness (QED) is 0.818. The molecule has 16 heavy (non-hydrogen) atoms. The van der Waals surface area contributed by atoms with Crippen molar-refractivity contribution < 1.29 is 14.6 Å². The molecule has 0 radical (unpaired) electrons. The molecule has 0 heterocycles. The zero-order valence-electron chi connectivity index (χ0n) is 8.31. The van der Waals surface area contributed by atoms with E-state index in [0.717, 1.165) is 0 Å². The third kappa shape index (κ3) is 3.34. The maximum absolute atomic E-state index is 10.8. The zero-order valence-corrected chi connectivity index (χ0v) is 9.07. The van der Waals surface area contributed by atoms with E-state index in [1.807, 2.05) is 0 Å². The van der Waals surface area contributed by atoms with E-state index >= 15 is 0 Å². The molecule has 0 fully saturated rings. The predicted octanol–water partition coefficient (Wildman–Crippen LogP) is 2.61. The third-order valence-corrected chi connectivity index (χ3v) is 1.96. The number of hydrogen-bond donors (Lipinski definition) is 1. The van der Waals surface area contributed by atoms with Crippen molar-refractivity contribution in [3.8, 4) is 18.1 Å². The van der Waals surface area contributed by atoms with Gasteiger partial charge in [0, 0.05) is 5.02 Å². The Kier molecular flexibility index (Phi) is 4.43. The number of ether oxygens (including phenoxy) is 1. The van der Waals surface area contributed by atoms with Crippen LogP contribution in [0.2, 0.25) is 5.02 Å². The normalized spacial score (nSPS) is 10.0. The number of rotatable bonds is 4. The number of benzene rings is 1. The molecule has 0 spiro atoms. The van der Waals surface area contributed by atoms with Crippen molar-refractivity contribution in [1.29, 1.82) is 0 Å². The van der Waals surface area contributed by atoms with Gasteiger partial charge in [-0.15, -0.1) is 6.42 Å². The number of carbonyl (C=O) groups is 1. The van der Waals surface area contributed by atoms with Crippen LogP contribution in [0.3, 0.4) is 0 Å². The van der Waals surface area contributed by atoms with Gasteiger partial charge in [-0.05, 0) is 30.4 Å². The minimum Gasteiger partial charge on any atom is -0.489 e. The van der Waals surface area contributed by atoms with Crippen LogP contribution in [0.4, 0.5) is 0 Å². The van der Waals surface area contributed by atoms with E-state index in [1.165, 1.54) is 24.3 Å². The summed E-state index contributed by atoms with van der Waals surface area (Å²) in [5.41, 5.74) is 0.0681. The summed E-state index contributed by atoms with van der Waals surface area (Å²) in [6, 6.07) is 4.34. The van der Waals surface area contributed by atoms with E-state index in [0.29, 0.717) is 5.02 Å². The molecule has 4 heteroatoms. The largest absolute Gasteiger partial charge is 0.489 e. The van der Waals surface area contributed by atoms with Gasteiger partial charge < -0.3 is 9.84 Å². The molecule has 0 aliphatic carbocycles. The first-order chi connectivity index (χ1) is 7.65. The monoisotopic (exact) mass is 236 g/mol. The van der Waals surface area contributed by atoms with Gasteiger partial charge in [0.1, 0.15) is 17.9 Å². The Hall–Kier alpha value is -1.92. The summed E-state index contributed by atoms with van der Waals surface area (Å²) in [5.74, 6) is 1.46. The summed E-state index contributed by atoms with van der Waals surface area (Å²) in [6.45, 7) is 0.199.